The zero-order chi connectivity index (χ0) is 16.6. The van der Waals surface area contributed by atoms with Gasteiger partial charge in [0, 0.05) is 5.69 Å². The molecule has 0 N–H and O–H groups in total. The van der Waals surface area contributed by atoms with E-state index in [9.17, 15) is 4.79 Å². The van der Waals surface area contributed by atoms with Gasteiger partial charge < -0.3 is 0 Å². The molecule has 0 unspecified atom stereocenters. The smallest absolute Gasteiger partial charge is 0.268 e. The normalized spacial score (nSPS) is 16.5. The van der Waals surface area contributed by atoms with Crippen LogP contribution in [0.25, 0.3) is 6.08 Å². The number of hydrogen-bond acceptors (Lipinski definition) is 4. The Kier molecular flexibility index (Phi) is 4.33. The minimum absolute atomic E-state index is 0.0911. The van der Waals surface area contributed by atoms with Crippen molar-refractivity contribution in [1.82, 2.24) is 4.98 Å². The lowest BCUT2D eigenvalue weighted by Crippen LogP contribution is -2.27. The van der Waals surface area contributed by atoms with Crippen molar-refractivity contribution in [2.75, 3.05) is 4.90 Å². The first-order valence-electron chi connectivity index (χ1n) is 7.24. The third-order valence-electron chi connectivity index (χ3n) is 3.73. The van der Waals surface area contributed by atoms with E-state index in [1.54, 1.807) is 11.0 Å². The number of carbonyl (C=O) groups excluding carboxylic acids is 1. The summed E-state index contributed by atoms with van der Waals surface area (Å²) in [6, 6.07) is 11.7. The summed E-state index contributed by atoms with van der Waals surface area (Å²) in [7, 11) is 0. The second kappa shape index (κ2) is 6.26. The van der Waals surface area contributed by atoms with Crippen molar-refractivity contribution in [3.8, 4) is 0 Å². The number of rotatable bonds is 2. The molecule has 5 heteroatoms. The molecule has 1 saturated heterocycles. The first kappa shape index (κ1) is 15.9. The highest BCUT2D eigenvalue weighted by molar-refractivity contribution is 8.27. The van der Waals surface area contributed by atoms with Gasteiger partial charge in [-0.2, -0.15) is 0 Å². The summed E-state index contributed by atoms with van der Waals surface area (Å²) >= 11 is 6.72. The Balaban J connectivity index is 1.95. The number of carbonyl (C=O) groups is 1. The fourth-order valence-electron chi connectivity index (χ4n) is 2.33. The first-order chi connectivity index (χ1) is 11.0. The number of anilines is 1. The molecule has 0 saturated carbocycles. The maximum Gasteiger partial charge on any atom is 0.270 e. The van der Waals surface area contributed by atoms with Crippen LogP contribution in [0.15, 0.2) is 41.3 Å². The van der Waals surface area contributed by atoms with Crippen LogP contribution in [0.1, 0.15) is 22.5 Å². The standard InChI is InChI=1S/C18H16N2OS2/c1-11-7-8-15(9-12(11)2)20-17(21)16(23-18(20)22)10-14-6-4-5-13(3)19-14/h4-10H,1-3H3/b16-10+. The van der Waals surface area contributed by atoms with E-state index in [2.05, 4.69) is 4.98 Å². The second-order valence-electron chi connectivity index (χ2n) is 5.49. The van der Waals surface area contributed by atoms with Crippen LogP contribution < -0.4 is 4.90 Å². The molecule has 1 fully saturated rings. The minimum atomic E-state index is -0.0911. The maximum absolute atomic E-state index is 12.7. The van der Waals surface area contributed by atoms with E-state index in [1.165, 1.54) is 17.3 Å². The molecule has 116 valence electrons. The number of aryl methyl sites for hydroxylation is 3. The predicted molar refractivity (Wildman–Crippen MR) is 101 cm³/mol. The molecular weight excluding hydrogens is 324 g/mol. The van der Waals surface area contributed by atoms with Crippen molar-refractivity contribution in [2.45, 2.75) is 20.8 Å². The van der Waals surface area contributed by atoms with Crippen molar-refractivity contribution in [3.05, 3.63) is 63.8 Å². The lowest BCUT2D eigenvalue weighted by molar-refractivity contribution is -0.113. The van der Waals surface area contributed by atoms with Gasteiger partial charge in [0.1, 0.15) is 0 Å². The van der Waals surface area contributed by atoms with E-state index in [4.69, 9.17) is 12.2 Å². The topological polar surface area (TPSA) is 33.2 Å². The summed E-state index contributed by atoms with van der Waals surface area (Å²) in [6.45, 7) is 6.01. The summed E-state index contributed by atoms with van der Waals surface area (Å²) in [4.78, 5) is 19.3. The molecule has 1 amide bonds. The van der Waals surface area contributed by atoms with Crippen LogP contribution in [0.3, 0.4) is 0 Å². The number of aromatic nitrogens is 1. The number of amides is 1. The van der Waals surface area contributed by atoms with Gasteiger partial charge in [0.25, 0.3) is 5.91 Å². The Hall–Kier alpha value is -1.98. The highest BCUT2D eigenvalue weighted by atomic mass is 32.2. The lowest BCUT2D eigenvalue weighted by atomic mass is 10.1. The van der Waals surface area contributed by atoms with Gasteiger partial charge in [-0.1, -0.05) is 36.1 Å². The zero-order valence-electron chi connectivity index (χ0n) is 13.2. The van der Waals surface area contributed by atoms with Crippen LogP contribution in [-0.4, -0.2) is 15.2 Å². The van der Waals surface area contributed by atoms with Crippen molar-refractivity contribution in [2.24, 2.45) is 0 Å². The quantitative estimate of drug-likeness (QED) is 0.599. The molecule has 1 aromatic heterocycles. The minimum Gasteiger partial charge on any atom is -0.268 e. The molecule has 0 spiro atoms. The van der Waals surface area contributed by atoms with E-state index in [0.29, 0.717) is 9.23 Å². The van der Waals surface area contributed by atoms with E-state index >= 15 is 0 Å². The van der Waals surface area contributed by atoms with Gasteiger partial charge in [-0.25, -0.2) is 0 Å². The Morgan fingerprint density at radius 1 is 1.13 bits per heavy atom. The average molecular weight is 340 g/mol. The van der Waals surface area contributed by atoms with E-state index in [-0.39, 0.29) is 5.91 Å². The van der Waals surface area contributed by atoms with Gasteiger partial charge in [0.15, 0.2) is 4.32 Å². The number of nitrogens with zero attached hydrogens (tertiary/aromatic N) is 2. The Bertz CT molecular complexity index is 843. The zero-order valence-corrected chi connectivity index (χ0v) is 14.8. The Morgan fingerprint density at radius 3 is 2.61 bits per heavy atom. The van der Waals surface area contributed by atoms with Gasteiger partial charge >= 0.3 is 0 Å². The third kappa shape index (κ3) is 3.21. The molecule has 0 bridgehead atoms. The van der Waals surface area contributed by atoms with Gasteiger partial charge in [0.2, 0.25) is 0 Å². The van der Waals surface area contributed by atoms with Gasteiger partial charge in [-0.05, 0) is 62.2 Å². The highest BCUT2D eigenvalue weighted by Crippen LogP contribution is 2.36. The molecule has 1 aliphatic heterocycles. The van der Waals surface area contributed by atoms with Crippen molar-refractivity contribution < 1.29 is 4.79 Å². The molecule has 1 aliphatic rings. The monoisotopic (exact) mass is 340 g/mol. The van der Waals surface area contributed by atoms with E-state index in [1.807, 2.05) is 57.2 Å². The van der Waals surface area contributed by atoms with Crippen molar-refractivity contribution >= 4 is 46.0 Å². The first-order valence-corrected chi connectivity index (χ1v) is 8.47. The fraction of sp³-hybridized carbons (Fsp3) is 0.167. The highest BCUT2D eigenvalue weighted by Gasteiger charge is 2.33. The van der Waals surface area contributed by atoms with Gasteiger partial charge in [-0.3, -0.25) is 14.7 Å². The van der Waals surface area contributed by atoms with Gasteiger partial charge in [-0.15, -0.1) is 0 Å². The van der Waals surface area contributed by atoms with Gasteiger partial charge in [0.05, 0.1) is 16.3 Å². The molecule has 23 heavy (non-hydrogen) atoms. The van der Waals surface area contributed by atoms with Crippen LogP contribution in [0.2, 0.25) is 0 Å². The molecule has 0 atom stereocenters. The summed E-state index contributed by atoms with van der Waals surface area (Å²) < 4.78 is 0.553. The number of hydrogen-bond donors (Lipinski definition) is 0. The summed E-state index contributed by atoms with van der Waals surface area (Å²) in [5.74, 6) is -0.0911. The van der Waals surface area contributed by atoms with Crippen LogP contribution in [-0.2, 0) is 4.79 Å². The van der Waals surface area contributed by atoms with E-state index < -0.39 is 0 Å². The molecule has 2 aromatic rings. The number of pyridine rings is 1. The molecule has 1 aromatic carbocycles. The molecule has 2 heterocycles. The second-order valence-corrected chi connectivity index (χ2v) is 7.17. The van der Waals surface area contributed by atoms with E-state index in [0.717, 1.165) is 22.6 Å². The Labute approximate surface area is 145 Å². The molecule has 3 rings (SSSR count). The molecule has 0 radical (unpaired) electrons. The SMILES string of the molecule is Cc1cccc(/C=C2/SC(=S)N(c3ccc(C)c(C)c3)C2=O)n1. The van der Waals surface area contributed by atoms with Crippen molar-refractivity contribution in [1.29, 1.82) is 0 Å². The summed E-state index contributed by atoms with van der Waals surface area (Å²) in [5.41, 5.74) is 4.84. The number of thioether (sulfide) groups is 1. The lowest BCUT2D eigenvalue weighted by Gasteiger charge is -2.15. The average Bonchev–Trinajstić information content (AvgIpc) is 2.77. The largest absolute Gasteiger partial charge is 0.270 e. The van der Waals surface area contributed by atoms with Crippen LogP contribution in [0.4, 0.5) is 5.69 Å². The van der Waals surface area contributed by atoms with Crippen LogP contribution in [0, 0.1) is 20.8 Å². The predicted octanol–water partition coefficient (Wildman–Crippen LogP) is 4.41. The Morgan fingerprint density at radius 2 is 1.91 bits per heavy atom. The molecular formula is C18H16N2OS2. The van der Waals surface area contributed by atoms with Crippen molar-refractivity contribution in [3.63, 3.8) is 0 Å². The fourth-order valence-corrected chi connectivity index (χ4v) is 3.62. The molecule has 3 nitrogen and oxygen atoms in total. The summed E-state index contributed by atoms with van der Waals surface area (Å²) in [6.07, 6.45) is 1.80. The summed E-state index contributed by atoms with van der Waals surface area (Å²) in [5, 5.41) is 0. The third-order valence-corrected chi connectivity index (χ3v) is 5.03. The molecule has 0 aliphatic carbocycles. The number of thiocarbonyl (C=S) groups is 1. The van der Waals surface area contributed by atoms with Crippen LogP contribution in [0.5, 0.6) is 0 Å². The number of benzene rings is 1. The maximum atomic E-state index is 12.7. The van der Waals surface area contributed by atoms with Crippen LogP contribution >= 0.6 is 24.0 Å².